The molecule has 0 atom stereocenters. The highest BCUT2D eigenvalue weighted by molar-refractivity contribution is 5.95. The molecule has 168 valence electrons. The van der Waals surface area contributed by atoms with Crippen molar-refractivity contribution in [2.24, 2.45) is 5.41 Å². The zero-order chi connectivity index (χ0) is 22.6. The number of nitrogens with one attached hydrogen (secondary N) is 2. The molecule has 4 nitrogen and oxygen atoms in total. The van der Waals surface area contributed by atoms with E-state index < -0.39 is 11.7 Å². The SMILES string of the molecule is CC(C)(C)CC(=O)Nc1ccc(NCc2ccc(C(F)(F)F)cc2)cc1N1CCCC1. The Morgan fingerprint density at radius 1 is 1.00 bits per heavy atom. The van der Waals surface area contributed by atoms with Gasteiger partial charge in [0.05, 0.1) is 16.9 Å². The maximum absolute atomic E-state index is 12.7. The predicted molar refractivity (Wildman–Crippen MR) is 119 cm³/mol. The monoisotopic (exact) mass is 433 g/mol. The first kappa shape index (κ1) is 23.0. The van der Waals surface area contributed by atoms with Crippen LogP contribution in [0, 0.1) is 5.41 Å². The van der Waals surface area contributed by atoms with Crippen LogP contribution in [-0.2, 0) is 17.5 Å². The Bertz CT molecular complexity index is 896. The van der Waals surface area contributed by atoms with E-state index in [1.807, 2.05) is 39.0 Å². The van der Waals surface area contributed by atoms with Crippen LogP contribution >= 0.6 is 0 Å². The topological polar surface area (TPSA) is 44.4 Å². The standard InChI is InChI=1S/C24H30F3N3O/c1-23(2,3)15-22(31)29-20-11-10-19(14-21(20)30-12-4-5-13-30)28-16-17-6-8-18(9-7-17)24(25,26)27/h6-11,14,28H,4-5,12-13,15-16H2,1-3H3,(H,29,31). The minimum absolute atomic E-state index is 0.0154. The normalized spacial score (nSPS) is 14.6. The molecule has 1 fully saturated rings. The van der Waals surface area contributed by atoms with E-state index in [-0.39, 0.29) is 11.3 Å². The number of benzene rings is 2. The first-order chi connectivity index (χ1) is 14.5. The lowest BCUT2D eigenvalue weighted by molar-refractivity contribution is -0.137. The lowest BCUT2D eigenvalue weighted by Crippen LogP contribution is -2.23. The van der Waals surface area contributed by atoms with Gasteiger partial charge in [-0.3, -0.25) is 4.79 Å². The summed E-state index contributed by atoms with van der Waals surface area (Å²) in [5, 5.41) is 6.33. The van der Waals surface area contributed by atoms with E-state index in [0.717, 1.165) is 60.7 Å². The van der Waals surface area contributed by atoms with E-state index in [4.69, 9.17) is 0 Å². The molecule has 0 aromatic heterocycles. The van der Waals surface area contributed by atoms with Gasteiger partial charge in [0.1, 0.15) is 0 Å². The summed E-state index contributed by atoms with van der Waals surface area (Å²) < 4.78 is 38.2. The molecule has 0 spiro atoms. The van der Waals surface area contributed by atoms with Crippen molar-refractivity contribution in [2.45, 2.75) is 52.8 Å². The summed E-state index contributed by atoms with van der Waals surface area (Å²) in [6.07, 6.45) is -1.68. The molecule has 1 heterocycles. The van der Waals surface area contributed by atoms with Crippen LogP contribution in [-0.4, -0.2) is 19.0 Å². The van der Waals surface area contributed by atoms with Crippen LogP contribution in [0.5, 0.6) is 0 Å². The minimum atomic E-state index is -4.33. The van der Waals surface area contributed by atoms with Crippen molar-refractivity contribution in [3.8, 4) is 0 Å². The van der Waals surface area contributed by atoms with Crippen molar-refractivity contribution in [1.29, 1.82) is 0 Å². The van der Waals surface area contributed by atoms with E-state index in [1.165, 1.54) is 12.1 Å². The van der Waals surface area contributed by atoms with Gasteiger partial charge in [-0.2, -0.15) is 13.2 Å². The zero-order valence-corrected chi connectivity index (χ0v) is 18.3. The Hall–Kier alpha value is -2.70. The van der Waals surface area contributed by atoms with Crippen LogP contribution in [0.25, 0.3) is 0 Å². The average molecular weight is 434 g/mol. The lowest BCUT2D eigenvalue weighted by Gasteiger charge is -2.24. The molecule has 0 unspecified atom stereocenters. The summed E-state index contributed by atoms with van der Waals surface area (Å²) in [6.45, 7) is 8.37. The predicted octanol–water partition coefficient (Wildman–Crippen LogP) is 6.29. The number of hydrogen-bond donors (Lipinski definition) is 2. The Labute approximate surface area is 181 Å². The van der Waals surface area contributed by atoms with Crippen molar-refractivity contribution < 1.29 is 18.0 Å². The summed E-state index contributed by atoms with van der Waals surface area (Å²) in [5.74, 6) is -0.0154. The molecule has 2 aromatic carbocycles. The molecule has 31 heavy (non-hydrogen) atoms. The first-order valence-corrected chi connectivity index (χ1v) is 10.6. The van der Waals surface area contributed by atoms with Crippen LogP contribution in [0.3, 0.4) is 0 Å². The van der Waals surface area contributed by atoms with Gasteiger partial charge in [0.15, 0.2) is 0 Å². The van der Waals surface area contributed by atoms with Crippen molar-refractivity contribution in [2.75, 3.05) is 28.6 Å². The highest BCUT2D eigenvalue weighted by Crippen LogP contribution is 2.33. The van der Waals surface area contributed by atoms with Crippen molar-refractivity contribution in [3.63, 3.8) is 0 Å². The number of nitrogens with zero attached hydrogens (tertiary/aromatic N) is 1. The van der Waals surface area contributed by atoms with Gasteiger partial charge in [0.25, 0.3) is 0 Å². The molecule has 0 bridgehead atoms. The lowest BCUT2D eigenvalue weighted by atomic mass is 9.92. The number of rotatable bonds is 6. The third-order valence-corrected chi connectivity index (χ3v) is 5.19. The number of hydrogen-bond acceptors (Lipinski definition) is 3. The van der Waals surface area contributed by atoms with E-state index in [9.17, 15) is 18.0 Å². The number of halogens is 3. The maximum atomic E-state index is 12.7. The summed E-state index contributed by atoms with van der Waals surface area (Å²) in [7, 11) is 0. The minimum Gasteiger partial charge on any atom is -0.381 e. The van der Waals surface area contributed by atoms with E-state index >= 15 is 0 Å². The van der Waals surface area contributed by atoms with Gasteiger partial charge in [0, 0.05) is 31.7 Å². The number of anilines is 3. The van der Waals surface area contributed by atoms with Gasteiger partial charge >= 0.3 is 6.18 Å². The smallest absolute Gasteiger partial charge is 0.381 e. The molecule has 7 heteroatoms. The summed E-state index contributed by atoms with van der Waals surface area (Å²) >= 11 is 0. The molecular weight excluding hydrogens is 403 g/mol. The molecule has 1 saturated heterocycles. The fraction of sp³-hybridized carbons (Fsp3) is 0.458. The van der Waals surface area contributed by atoms with Gasteiger partial charge in [-0.25, -0.2) is 0 Å². The zero-order valence-electron chi connectivity index (χ0n) is 18.3. The van der Waals surface area contributed by atoms with Crippen molar-refractivity contribution >= 4 is 23.0 Å². The van der Waals surface area contributed by atoms with Crippen LogP contribution in [0.2, 0.25) is 0 Å². The van der Waals surface area contributed by atoms with Gasteiger partial charge in [-0.15, -0.1) is 0 Å². The van der Waals surface area contributed by atoms with Gasteiger partial charge < -0.3 is 15.5 Å². The highest BCUT2D eigenvalue weighted by Gasteiger charge is 2.29. The van der Waals surface area contributed by atoms with Crippen LogP contribution in [0.15, 0.2) is 42.5 Å². The number of alkyl halides is 3. The second kappa shape index (κ2) is 9.20. The molecule has 1 aliphatic heterocycles. The Balaban J connectivity index is 1.72. The molecule has 0 radical (unpaired) electrons. The number of carbonyl (C=O) groups is 1. The second-order valence-corrected chi connectivity index (χ2v) is 9.26. The fourth-order valence-electron chi connectivity index (χ4n) is 3.66. The molecule has 3 rings (SSSR count). The van der Waals surface area contributed by atoms with E-state index in [2.05, 4.69) is 15.5 Å². The molecule has 1 aliphatic rings. The largest absolute Gasteiger partial charge is 0.416 e. The number of amides is 1. The van der Waals surface area contributed by atoms with Gasteiger partial charge in [-0.1, -0.05) is 32.9 Å². The first-order valence-electron chi connectivity index (χ1n) is 10.6. The number of carbonyl (C=O) groups excluding carboxylic acids is 1. The third kappa shape index (κ3) is 6.64. The van der Waals surface area contributed by atoms with Crippen LogP contribution < -0.4 is 15.5 Å². The summed E-state index contributed by atoms with van der Waals surface area (Å²) in [5.41, 5.74) is 2.63. The molecule has 0 saturated carbocycles. The van der Waals surface area contributed by atoms with Gasteiger partial charge in [0.2, 0.25) is 5.91 Å². The Morgan fingerprint density at radius 2 is 1.65 bits per heavy atom. The Kier molecular flexibility index (Phi) is 6.82. The average Bonchev–Trinajstić information content (AvgIpc) is 3.20. The summed E-state index contributed by atoms with van der Waals surface area (Å²) in [6, 6.07) is 10.9. The molecular formula is C24H30F3N3O. The van der Waals surface area contributed by atoms with E-state index in [1.54, 1.807) is 0 Å². The molecule has 2 N–H and O–H groups in total. The Morgan fingerprint density at radius 3 is 2.23 bits per heavy atom. The van der Waals surface area contributed by atoms with Crippen LogP contribution in [0.4, 0.5) is 30.2 Å². The van der Waals surface area contributed by atoms with E-state index in [0.29, 0.717) is 13.0 Å². The summed E-state index contributed by atoms with van der Waals surface area (Å²) in [4.78, 5) is 14.7. The molecule has 1 amide bonds. The molecule has 2 aromatic rings. The fourth-order valence-corrected chi connectivity index (χ4v) is 3.66. The van der Waals surface area contributed by atoms with Gasteiger partial charge in [-0.05, 0) is 54.2 Å². The van der Waals surface area contributed by atoms with Crippen molar-refractivity contribution in [1.82, 2.24) is 0 Å². The second-order valence-electron chi connectivity index (χ2n) is 9.26. The molecule has 0 aliphatic carbocycles. The maximum Gasteiger partial charge on any atom is 0.416 e. The third-order valence-electron chi connectivity index (χ3n) is 5.19. The highest BCUT2D eigenvalue weighted by atomic mass is 19.4. The quantitative estimate of drug-likeness (QED) is 0.562. The van der Waals surface area contributed by atoms with Crippen LogP contribution in [0.1, 0.15) is 51.2 Å². The van der Waals surface area contributed by atoms with Crippen molar-refractivity contribution in [3.05, 3.63) is 53.6 Å².